The molecule has 0 aliphatic carbocycles. The average molecular weight is 702 g/mol. The van der Waals surface area contributed by atoms with Gasteiger partial charge in [0.05, 0.1) is 57.3 Å². The first-order valence-corrected chi connectivity index (χ1v) is 21.0. The number of aryl methyl sites for hydroxylation is 1. The van der Waals surface area contributed by atoms with Crippen LogP contribution in [0.2, 0.25) is 0 Å². The highest BCUT2D eigenvalue weighted by Crippen LogP contribution is 2.18. The molecule has 1 rings (SSSR count). The molecule has 48 heavy (non-hydrogen) atoms. The van der Waals surface area contributed by atoms with Crippen LogP contribution in [0.3, 0.4) is 0 Å². The first kappa shape index (κ1) is 50.8. The topological polar surface area (TPSA) is 110 Å². The van der Waals surface area contributed by atoms with E-state index in [4.69, 9.17) is 10.1 Å². The van der Waals surface area contributed by atoms with Crippen molar-refractivity contribution in [3.8, 4) is 0 Å². The third-order valence-corrected chi connectivity index (χ3v) is 10.0. The number of nitrogens with zero attached hydrogens (tertiary/aromatic N) is 3. The van der Waals surface area contributed by atoms with Crippen molar-refractivity contribution >= 4 is 10.1 Å². The minimum Gasteiger partial charge on any atom is -0.744 e. The minimum atomic E-state index is -4.27. The van der Waals surface area contributed by atoms with E-state index < -0.39 is 10.1 Å². The van der Waals surface area contributed by atoms with Crippen LogP contribution in [0.25, 0.3) is 0 Å². The zero-order valence-corrected chi connectivity index (χ0v) is 33.9. The quantitative estimate of drug-likeness (QED) is 0.0436. The molecule has 0 aliphatic heterocycles. The molecule has 0 unspecified atom stereocenters. The van der Waals surface area contributed by atoms with E-state index in [9.17, 15) is 13.0 Å². The maximum absolute atomic E-state index is 10.4. The van der Waals surface area contributed by atoms with Gasteiger partial charge in [0.15, 0.2) is 0 Å². The first-order chi connectivity index (χ1) is 22.9. The van der Waals surface area contributed by atoms with Crippen molar-refractivity contribution in [1.29, 1.82) is 0 Å². The molecule has 0 aliphatic rings. The van der Waals surface area contributed by atoms with E-state index in [0.29, 0.717) is 0 Å². The Kier molecular flexibility index (Phi) is 35.9. The summed E-state index contributed by atoms with van der Waals surface area (Å²) in [6.45, 7) is 31.9. The van der Waals surface area contributed by atoms with Gasteiger partial charge in [0, 0.05) is 0 Å². The van der Waals surface area contributed by atoms with E-state index in [-0.39, 0.29) is 4.90 Å². The van der Waals surface area contributed by atoms with Crippen LogP contribution in [0.5, 0.6) is 0 Å². The lowest BCUT2D eigenvalue weighted by Crippen LogP contribution is -2.50. The van der Waals surface area contributed by atoms with Crippen LogP contribution in [-0.4, -0.2) is 74.3 Å². The van der Waals surface area contributed by atoms with Crippen LogP contribution in [0.1, 0.15) is 164 Å². The zero-order valence-electron chi connectivity index (χ0n) is 33.1. The van der Waals surface area contributed by atoms with E-state index in [1.165, 1.54) is 176 Å². The Balaban J connectivity index is -0.000000618. The summed E-state index contributed by atoms with van der Waals surface area (Å²) < 4.78 is 34.0. The highest BCUT2D eigenvalue weighted by molar-refractivity contribution is 7.85. The zero-order chi connectivity index (χ0) is 37.2. The molecule has 0 spiro atoms. The predicted octanol–water partition coefficient (Wildman–Crippen LogP) is 11.2. The molecule has 0 N–H and O–H groups in total. The van der Waals surface area contributed by atoms with Crippen LogP contribution >= 0.6 is 0 Å². The summed E-state index contributed by atoms with van der Waals surface area (Å²) in [6.07, 6.45) is 22.1. The first-order valence-electron chi connectivity index (χ1n) is 19.6. The largest absolute Gasteiger partial charge is 0.744 e. The molecule has 1 aromatic rings. The van der Waals surface area contributed by atoms with Crippen molar-refractivity contribution < 1.29 is 21.9 Å². The molecule has 0 bridgehead atoms. The Hall–Kier alpha value is -1.55. The van der Waals surface area contributed by atoms with Crippen molar-refractivity contribution in [1.82, 2.24) is 0 Å². The van der Waals surface area contributed by atoms with Gasteiger partial charge in [-0.15, -0.1) is 5.34 Å². The molecule has 0 heterocycles. The van der Waals surface area contributed by atoms with E-state index >= 15 is 0 Å². The summed E-state index contributed by atoms with van der Waals surface area (Å²) >= 11 is 0. The summed E-state index contributed by atoms with van der Waals surface area (Å²) in [5, 5.41) is 9.00. The second kappa shape index (κ2) is 33.9. The maximum atomic E-state index is 10.4. The van der Waals surface area contributed by atoms with Crippen molar-refractivity contribution in [3.63, 3.8) is 0 Å². The fourth-order valence-corrected chi connectivity index (χ4v) is 6.46. The molecule has 0 fully saturated rings. The second-order valence-electron chi connectivity index (χ2n) is 13.6. The Morgan fingerprint density at radius 3 is 0.833 bits per heavy atom. The smallest absolute Gasteiger partial charge is 0.124 e. The molecule has 0 amide bonds. The van der Waals surface area contributed by atoms with Gasteiger partial charge in [0.1, 0.15) is 10.1 Å². The summed E-state index contributed by atoms with van der Waals surface area (Å²) in [5.74, 6) is 0. The molecule has 0 aromatic heterocycles. The molecular formula is C39H79N3O5S. The van der Waals surface area contributed by atoms with Crippen molar-refractivity contribution in [2.75, 3.05) is 52.4 Å². The minimum absolute atomic E-state index is 0.178. The molecule has 8 nitrogen and oxygen atoms in total. The molecule has 0 saturated carbocycles. The fraction of sp³-hybridized carbons (Fsp3) is 0.846. The van der Waals surface area contributed by atoms with Gasteiger partial charge in [-0.1, -0.05) is 124 Å². The molecule has 0 saturated heterocycles. The third-order valence-electron chi connectivity index (χ3n) is 9.20. The Labute approximate surface area is 299 Å². The van der Waals surface area contributed by atoms with Crippen molar-refractivity contribution in [2.24, 2.45) is 5.34 Å². The van der Waals surface area contributed by atoms with Crippen LogP contribution in [0.15, 0.2) is 34.5 Å². The van der Waals surface area contributed by atoms with Crippen molar-refractivity contribution in [2.45, 2.75) is 170 Å². The van der Waals surface area contributed by atoms with E-state index in [2.05, 4.69) is 55.4 Å². The van der Waals surface area contributed by atoms with Crippen molar-refractivity contribution in [3.05, 3.63) is 39.9 Å². The Morgan fingerprint density at radius 1 is 0.500 bits per heavy atom. The van der Waals surface area contributed by atoms with Gasteiger partial charge in [-0.3, -0.25) is 0 Å². The SMILES string of the molecule is CCCC[N+](CCCC)(CCCC)CCCC.CCCC[N+](CCCC)(CCCC)CCCC.Cc1ccc(S(=O)(=O)[O-])cc1.O=N[O-]. The summed E-state index contributed by atoms with van der Waals surface area (Å²) in [6, 6.07) is 5.78. The normalized spacial score (nSPS) is 11.4. The van der Waals surface area contributed by atoms with Gasteiger partial charge < -0.3 is 23.6 Å². The van der Waals surface area contributed by atoms with Crippen LogP contribution in [0.4, 0.5) is 0 Å². The monoisotopic (exact) mass is 702 g/mol. The summed E-state index contributed by atoms with van der Waals surface area (Å²) in [5.41, 5.74) is 0.928. The van der Waals surface area contributed by atoms with Gasteiger partial charge in [0.25, 0.3) is 0 Å². The molecular weight excluding hydrogens is 623 g/mol. The average Bonchev–Trinajstić information content (AvgIpc) is 3.07. The number of hydrogen-bond donors (Lipinski definition) is 0. The van der Waals surface area contributed by atoms with Gasteiger partial charge >= 0.3 is 0 Å². The molecule has 286 valence electrons. The Bertz CT molecular complexity index is 815. The lowest BCUT2D eigenvalue weighted by atomic mass is 10.1. The van der Waals surface area contributed by atoms with Gasteiger partial charge in [-0.25, -0.2) is 8.42 Å². The lowest BCUT2D eigenvalue weighted by molar-refractivity contribution is -0.929. The number of unbranched alkanes of at least 4 members (excludes halogenated alkanes) is 8. The second-order valence-corrected chi connectivity index (χ2v) is 15.0. The molecule has 0 radical (unpaired) electrons. The highest BCUT2D eigenvalue weighted by atomic mass is 32.2. The number of quaternary nitrogens is 2. The lowest BCUT2D eigenvalue weighted by Gasteiger charge is -2.39. The third kappa shape index (κ3) is 28.3. The summed E-state index contributed by atoms with van der Waals surface area (Å²) in [4.78, 5) is 7.82. The van der Waals surface area contributed by atoms with Gasteiger partial charge in [-0.2, -0.15) is 0 Å². The van der Waals surface area contributed by atoms with E-state index in [1.807, 2.05) is 6.92 Å². The Morgan fingerprint density at radius 2 is 0.688 bits per heavy atom. The standard InChI is InChI=1S/2C16H36N.C7H8O3S.HNO2/c2*1-5-9-13-17(14-10-6-2,15-11-7-3)16-12-8-4;1-6-2-4-7(5-3-6)11(8,9)10;2-1-3/h2*5-16H2,1-4H3;2-5H,1H3,(H,8,9,10);(H,2,3)/q2*+1;;/p-2. The van der Waals surface area contributed by atoms with Crippen LogP contribution in [0, 0.1) is 17.0 Å². The maximum Gasteiger partial charge on any atom is 0.124 e. The van der Waals surface area contributed by atoms with Crippen LogP contribution < -0.4 is 0 Å². The van der Waals surface area contributed by atoms with Gasteiger partial charge in [-0.05, 0) is 70.4 Å². The highest BCUT2D eigenvalue weighted by Gasteiger charge is 2.25. The molecule has 0 atom stereocenters. The fourth-order valence-electron chi connectivity index (χ4n) is 5.99. The van der Waals surface area contributed by atoms with E-state index in [1.54, 1.807) is 12.1 Å². The summed E-state index contributed by atoms with van der Waals surface area (Å²) in [7, 11) is -4.27. The molecule has 9 heteroatoms. The van der Waals surface area contributed by atoms with Gasteiger partial charge in [0.2, 0.25) is 0 Å². The number of benzene rings is 1. The number of hydrogen-bond acceptors (Lipinski definition) is 6. The van der Waals surface area contributed by atoms with Crippen LogP contribution in [-0.2, 0) is 10.1 Å². The molecule has 1 aromatic carbocycles. The predicted molar refractivity (Wildman–Crippen MR) is 207 cm³/mol. The van der Waals surface area contributed by atoms with E-state index in [0.717, 1.165) is 10.9 Å². The number of rotatable bonds is 25.